The van der Waals surface area contributed by atoms with Gasteiger partial charge in [0.1, 0.15) is 0 Å². The Bertz CT molecular complexity index is 329. The van der Waals surface area contributed by atoms with Crippen LogP contribution in [-0.2, 0) is 18.9 Å². The largest absolute Gasteiger partial charge is 0.352 e. The van der Waals surface area contributed by atoms with E-state index >= 15 is 0 Å². The van der Waals surface area contributed by atoms with Crippen LogP contribution < -0.4 is 0 Å². The van der Waals surface area contributed by atoms with Crippen molar-refractivity contribution in [2.75, 3.05) is 20.0 Å². The average molecular weight is 266 g/mol. The molecule has 2 rings (SSSR count). The van der Waals surface area contributed by atoms with E-state index in [0.29, 0.717) is 26.1 Å². The fourth-order valence-electron chi connectivity index (χ4n) is 2.18. The van der Waals surface area contributed by atoms with Crippen LogP contribution in [-0.4, -0.2) is 32.6 Å². The number of ether oxygens (including phenoxy) is 4. The molecular formula is C13H18N2O4. The van der Waals surface area contributed by atoms with Crippen LogP contribution in [0.25, 0.3) is 0 Å². The minimum absolute atomic E-state index is 0.00681. The van der Waals surface area contributed by atoms with E-state index in [4.69, 9.17) is 29.5 Å². The van der Waals surface area contributed by atoms with Crippen molar-refractivity contribution in [2.24, 2.45) is 11.8 Å². The van der Waals surface area contributed by atoms with Crippen molar-refractivity contribution in [3.05, 3.63) is 0 Å². The number of nitriles is 2. The number of hydrogen-bond donors (Lipinski definition) is 0. The molecule has 2 aliphatic heterocycles. The summed E-state index contributed by atoms with van der Waals surface area (Å²) in [6, 6.07) is 4.45. The highest BCUT2D eigenvalue weighted by molar-refractivity contribution is 4.86. The van der Waals surface area contributed by atoms with Gasteiger partial charge in [-0.05, 0) is 12.8 Å². The highest BCUT2D eigenvalue weighted by Crippen LogP contribution is 2.22. The van der Waals surface area contributed by atoms with Crippen molar-refractivity contribution in [1.29, 1.82) is 10.5 Å². The molecule has 0 radical (unpaired) electrons. The molecule has 2 aliphatic rings. The molecule has 0 amide bonds. The summed E-state index contributed by atoms with van der Waals surface area (Å²) in [7, 11) is 0. The monoisotopic (exact) mass is 266 g/mol. The highest BCUT2D eigenvalue weighted by Gasteiger charge is 2.25. The van der Waals surface area contributed by atoms with Crippen LogP contribution in [0.2, 0.25) is 0 Å². The van der Waals surface area contributed by atoms with E-state index in [1.54, 1.807) is 0 Å². The Balaban J connectivity index is 1.63. The lowest BCUT2D eigenvalue weighted by molar-refractivity contribution is -0.263. The van der Waals surface area contributed by atoms with Gasteiger partial charge in [-0.3, -0.25) is 0 Å². The van der Waals surface area contributed by atoms with Gasteiger partial charge in [0.15, 0.2) is 19.4 Å². The second-order valence-corrected chi connectivity index (χ2v) is 4.75. The number of nitrogens with zero attached hydrogens (tertiary/aromatic N) is 2. The Hall–Kier alpha value is -1.18. The van der Waals surface area contributed by atoms with E-state index in [0.717, 1.165) is 12.8 Å². The van der Waals surface area contributed by atoms with Crippen molar-refractivity contribution >= 4 is 0 Å². The maximum Gasteiger partial charge on any atom is 0.161 e. The summed E-state index contributed by atoms with van der Waals surface area (Å²) in [4.78, 5) is 0. The lowest BCUT2D eigenvalue weighted by atomic mass is 10.0. The van der Waals surface area contributed by atoms with Crippen molar-refractivity contribution in [1.82, 2.24) is 0 Å². The molecule has 0 saturated carbocycles. The van der Waals surface area contributed by atoms with Gasteiger partial charge in [0, 0.05) is 12.8 Å². The van der Waals surface area contributed by atoms with Gasteiger partial charge in [-0.2, -0.15) is 10.5 Å². The molecule has 6 nitrogen and oxygen atoms in total. The second-order valence-electron chi connectivity index (χ2n) is 4.75. The van der Waals surface area contributed by atoms with E-state index in [2.05, 4.69) is 12.1 Å². The molecule has 4 unspecified atom stereocenters. The summed E-state index contributed by atoms with van der Waals surface area (Å²) in [5.74, 6) is -0.0136. The lowest BCUT2D eigenvalue weighted by Gasteiger charge is -2.28. The molecule has 2 heterocycles. The first-order valence-electron chi connectivity index (χ1n) is 6.57. The van der Waals surface area contributed by atoms with Crippen molar-refractivity contribution < 1.29 is 18.9 Å². The summed E-state index contributed by atoms with van der Waals surface area (Å²) >= 11 is 0. The van der Waals surface area contributed by atoms with Crippen molar-refractivity contribution in [3.8, 4) is 12.1 Å². The Labute approximate surface area is 112 Å². The third-order valence-electron chi connectivity index (χ3n) is 3.37. The van der Waals surface area contributed by atoms with Crippen LogP contribution in [0.4, 0.5) is 0 Å². The zero-order valence-electron chi connectivity index (χ0n) is 10.8. The summed E-state index contributed by atoms with van der Waals surface area (Å²) in [6.07, 6.45) is 1.90. The number of rotatable bonds is 4. The Kier molecular flexibility index (Phi) is 5.56. The third-order valence-corrected chi connectivity index (χ3v) is 3.37. The zero-order valence-corrected chi connectivity index (χ0v) is 10.8. The third kappa shape index (κ3) is 4.45. The van der Waals surface area contributed by atoms with Gasteiger partial charge in [0.25, 0.3) is 0 Å². The van der Waals surface area contributed by atoms with Gasteiger partial charge in [-0.1, -0.05) is 0 Å². The zero-order chi connectivity index (χ0) is 13.5. The normalized spacial score (nSPS) is 35.3. The Morgan fingerprint density at radius 3 is 1.79 bits per heavy atom. The fourth-order valence-corrected chi connectivity index (χ4v) is 2.18. The van der Waals surface area contributed by atoms with Crippen LogP contribution in [0.15, 0.2) is 0 Å². The maximum absolute atomic E-state index is 8.85. The molecule has 104 valence electrons. The highest BCUT2D eigenvalue weighted by atomic mass is 16.8. The van der Waals surface area contributed by atoms with Crippen molar-refractivity contribution in [3.63, 3.8) is 0 Å². The SMILES string of the molecule is N#CC1CCOC(OCOC2CC(C#N)CCO2)C1. The lowest BCUT2D eigenvalue weighted by Crippen LogP contribution is -2.31. The van der Waals surface area contributed by atoms with E-state index in [1.807, 2.05) is 0 Å². The molecular weight excluding hydrogens is 248 g/mol. The summed E-state index contributed by atoms with van der Waals surface area (Å²) in [5.41, 5.74) is 0. The van der Waals surface area contributed by atoms with E-state index in [9.17, 15) is 0 Å². The van der Waals surface area contributed by atoms with Gasteiger partial charge in [0.05, 0.1) is 37.2 Å². The topological polar surface area (TPSA) is 84.5 Å². The summed E-state index contributed by atoms with van der Waals surface area (Å²) < 4.78 is 21.6. The predicted octanol–water partition coefficient (Wildman–Crippen LogP) is 1.53. The van der Waals surface area contributed by atoms with Crippen LogP contribution in [0.3, 0.4) is 0 Å². The second kappa shape index (κ2) is 7.42. The molecule has 19 heavy (non-hydrogen) atoms. The average Bonchev–Trinajstić information content (AvgIpc) is 2.48. The van der Waals surface area contributed by atoms with Crippen LogP contribution in [0.5, 0.6) is 0 Å². The molecule has 2 saturated heterocycles. The molecule has 0 bridgehead atoms. The first kappa shape index (κ1) is 14.2. The molecule has 0 N–H and O–H groups in total. The maximum atomic E-state index is 8.85. The molecule has 0 aromatic carbocycles. The fraction of sp³-hybridized carbons (Fsp3) is 0.846. The Morgan fingerprint density at radius 1 is 0.895 bits per heavy atom. The van der Waals surface area contributed by atoms with E-state index in [-0.39, 0.29) is 31.2 Å². The molecule has 4 atom stereocenters. The van der Waals surface area contributed by atoms with E-state index in [1.165, 1.54) is 0 Å². The van der Waals surface area contributed by atoms with Crippen LogP contribution in [0.1, 0.15) is 25.7 Å². The molecule has 0 aliphatic carbocycles. The minimum Gasteiger partial charge on any atom is -0.352 e. The molecule has 6 heteroatoms. The van der Waals surface area contributed by atoms with Crippen LogP contribution >= 0.6 is 0 Å². The van der Waals surface area contributed by atoms with Gasteiger partial charge >= 0.3 is 0 Å². The van der Waals surface area contributed by atoms with Gasteiger partial charge in [-0.15, -0.1) is 0 Å². The first-order valence-corrected chi connectivity index (χ1v) is 6.57. The molecule has 0 aromatic heterocycles. The minimum atomic E-state index is -0.381. The summed E-state index contributed by atoms with van der Waals surface area (Å²) in [5, 5.41) is 17.7. The van der Waals surface area contributed by atoms with Gasteiger partial charge in [0.2, 0.25) is 0 Å². The standard InChI is InChI=1S/C13H18N2O4/c14-7-10-1-3-16-12(5-10)18-9-19-13-6-11(8-15)2-4-17-13/h10-13H,1-6,9H2. The number of hydrogen-bond acceptors (Lipinski definition) is 6. The van der Waals surface area contributed by atoms with Gasteiger partial charge in [-0.25, -0.2) is 0 Å². The smallest absolute Gasteiger partial charge is 0.161 e. The van der Waals surface area contributed by atoms with Crippen LogP contribution in [0, 0.1) is 34.5 Å². The molecule has 0 spiro atoms. The van der Waals surface area contributed by atoms with Gasteiger partial charge < -0.3 is 18.9 Å². The summed E-state index contributed by atoms with van der Waals surface area (Å²) in [6.45, 7) is 1.14. The van der Waals surface area contributed by atoms with Crippen molar-refractivity contribution in [2.45, 2.75) is 38.3 Å². The van der Waals surface area contributed by atoms with E-state index < -0.39 is 0 Å². The quantitative estimate of drug-likeness (QED) is 0.717. The Morgan fingerprint density at radius 2 is 1.37 bits per heavy atom. The first-order chi connectivity index (χ1) is 9.31. The molecule has 0 aromatic rings. The molecule has 2 fully saturated rings. The predicted molar refractivity (Wildman–Crippen MR) is 63.2 cm³/mol.